The van der Waals surface area contributed by atoms with Crippen molar-refractivity contribution in [1.82, 2.24) is 15.1 Å². The van der Waals surface area contributed by atoms with E-state index in [0.29, 0.717) is 6.61 Å². The molecule has 1 N–H and O–H groups in total. The summed E-state index contributed by atoms with van der Waals surface area (Å²) in [5, 5.41) is 3.50. The summed E-state index contributed by atoms with van der Waals surface area (Å²) in [7, 11) is 5.96. The molecule has 0 amide bonds. The minimum Gasteiger partial charge on any atom is -0.492 e. The molecule has 1 aromatic carbocycles. The normalized spacial score (nSPS) is 17.0. The molecule has 0 radical (unpaired) electrons. The third-order valence-electron chi connectivity index (χ3n) is 4.09. The van der Waals surface area contributed by atoms with Crippen LogP contribution in [-0.2, 0) is 6.54 Å². The minimum absolute atomic E-state index is 0. The summed E-state index contributed by atoms with van der Waals surface area (Å²) < 4.78 is 6.10. The Labute approximate surface area is 180 Å². The summed E-state index contributed by atoms with van der Waals surface area (Å²) in [6, 6.07) is 8.28. The Bertz CT molecular complexity index is 580. The average Bonchev–Trinajstić information content (AvgIpc) is 2.55. The first-order chi connectivity index (χ1) is 11.9. The number of thioether (sulfide) groups is 1. The number of rotatable bonds is 6. The highest BCUT2D eigenvalue weighted by molar-refractivity contribution is 14.0. The van der Waals surface area contributed by atoms with Crippen molar-refractivity contribution in [2.45, 2.75) is 25.1 Å². The zero-order valence-electron chi connectivity index (χ0n) is 16.6. The van der Waals surface area contributed by atoms with Crippen LogP contribution in [0.25, 0.3) is 0 Å². The first-order valence-corrected chi connectivity index (χ1v) is 9.84. The van der Waals surface area contributed by atoms with Gasteiger partial charge in [0, 0.05) is 43.7 Å². The Balaban J connectivity index is 0.00000338. The first-order valence-electron chi connectivity index (χ1n) is 8.86. The van der Waals surface area contributed by atoms with Crippen molar-refractivity contribution in [3.05, 3.63) is 29.8 Å². The zero-order chi connectivity index (χ0) is 18.3. The molecule has 0 aromatic heterocycles. The lowest BCUT2D eigenvalue weighted by molar-refractivity contribution is 0.261. The molecule has 1 fully saturated rings. The maximum atomic E-state index is 5.82. The predicted octanol–water partition coefficient (Wildman–Crippen LogP) is 3.15. The molecule has 2 rings (SSSR count). The van der Waals surface area contributed by atoms with Gasteiger partial charge in [0.2, 0.25) is 0 Å². The second-order valence-electron chi connectivity index (χ2n) is 7.23. The van der Waals surface area contributed by atoms with Gasteiger partial charge in [-0.1, -0.05) is 12.1 Å². The number of hydrogen-bond donors (Lipinski definition) is 1. The van der Waals surface area contributed by atoms with Gasteiger partial charge in [-0.15, -0.1) is 24.0 Å². The predicted molar refractivity (Wildman–Crippen MR) is 124 cm³/mol. The van der Waals surface area contributed by atoms with E-state index in [-0.39, 0.29) is 28.7 Å². The number of guanidine groups is 1. The molecule has 5 nitrogen and oxygen atoms in total. The number of benzene rings is 1. The average molecular weight is 492 g/mol. The van der Waals surface area contributed by atoms with Crippen LogP contribution in [0, 0.1) is 0 Å². The van der Waals surface area contributed by atoms with Crippen molar-refractivity contribution in [1.29, 1.82) is 0 Å². The molecule has 1 aromatic rings. The van der Waals surface area contributed by atoms with E-state index >= 15 is 0 Å². The van der Waals surface area contributed by atoms with Gasteiger partial charge in [-0.25, -0.2) is 0 Å². The maximum Gasteiger partial charge on any atom is 0.193 e. The van der Waals surface area contributed by atoms with E-state index in [1.807, 2.05) is 30.9 Å². The second-order valence-corrected chi connectivity index (χ2v) is 9.03. The van der Waals surface area contributed by atoms with Crippen LogP contribution >= 0.6 is 35.7 Å². The van der Waals surface area contributed by atoms with Gasteiger partial charge in [0.1, 0.15) is 12.4 Å². The van der Waals surface area contributed by atoms with E-state index in [1.165, 1.54) is 5.56 Å². The molecule has 0 saturated carbocycles. The van der Waals surface area contributed by atoms with Gasteiger partial charge in [0.05, 0.1) is 0 Å². The number of aliphatic imine (C=N–C) groups is 1. The van der Waals surface area contributed by atoms with E-state index < -0.39 is 0 Å². The minimum atomic E-state index is 0. The number of nitrogens with zero attached hydrogens (tertiary/aromatic N) is 3. The maximum absolute atomic E-state index is 5.82. The Kier molecular flexibility index (Phi) is 10.1. The lowest BCUT2D eigenvalue weighted by atomic mass is 10.2. The summed E-state index contributed by atoms with van der Waals surface area (Å²) in [6.07, 6.45) is 0. The van der Waals surface area contributed by atoms with Crippen LogP contribution in [0.4, 0.5) is 0 Å². The third kappa shape index (κ3) is 7.92. The monoisotopic (exact) mass is 492 g/mol. The molecule has 1 aliphatic heterocycles. The van der Waals surface area contributed by atoms with Gasteiger partial charge in [-0.2, -0.15) is 11.8 Å². The Morgan fingerprint density at radius 2 is 2.15 bits per heavy atom. The molecule has 1 aliphatic rings. The zero-order valence-corrected chi connectivity index (χ0v) is 19.8. The van der Waals surface area contributed by atoms with Crippen LogP contribution in [0.2, 0.25) is 0 Å². The van der Waals surface area contributed by atoms with Crippen molar-refractivity contribution in [2.75, 3.05) is 53.1 Å². The summed E-state index contributed by atoms with van der Waals surface area (Å²) in [4.78, 5) is 8.94. The quantitative estimate of drug-likeness (QED) is 0.376. The Morgan fingerprint density at radius 3 is 2.81 bits per heavy atom. The first kappa shape index (κ1) is 23.4. The van der Waals surface area contributed by atoms with Crippen molar-refractivity contribution in [3.8, 4) is 5.75 Å². The molecule has 0 spiro atoms. The molecule has 0 bridgehead atoms. The molecule has 1 heterocycles. The summed E-state index contributed by atoms with van der Waals surface area (Å²) in [5.74, 6) is 3.04. The van der Waals surface area contributed by atoms with Crippen molar-refractivity contribution < 1.29 is 4.74 Å². The number of likely N-dealkylation sites (N-methyl/N-ethyl adjacent to an activating group) is 1. The topological polar surface area (TPSA) is 40.1 Å². The highest BCUT2D eigenvalue weighted by Gasteiger charge is 2.28. The Hall–Kier alpha value is -0.670. The SMILES string of the molecule is CN=C(NCc1cccc(OCCN(C)C)c1)N1CCSC(C)(C)C1.I. The summed E-state index contributed by atoms with van der Waals surface area (Å²) in [5.41, 5.74) is 1.20. The van der Waals surface area contributed by atoms with Crippen molar-refractivity contribution in [2.24, 2.45) is 4.99 Å². The van der Waals surface area contributed by atoms with E-state index in [2.05, 4.69) is 60.2 Å². The van der Waals surface area contributed by atoms with Crippen LogP contribution in [-0.4, -0.2) is 73.6 Å². The molecule has 7 heteroatoms. The largest absolute Gasteiger partial charge is 0.492 e. The van der Waals surface area contributed by atoms with Gasteiger partial charge < -0.3 is 19.9 Å². The molecule has 26 heavy (non-hydrogen) atoms. The fourth-order valence-electron chi connectivity index (χ4n) is 2.80. The molecule has 0 atom stereocenters. The molecular weight excluding hydrogens is 459 g/mol. The lowest BCUT2D eigenvalue weighted by Crippen LogP contribution is -2.50. The van der Waals surface area contributed by atoms with Crippen LogP contribution in [0.1, 0.15) is 19.4 Å². The third-order valence-corrected chi connectivity index (χ3v) is 5.39. The van der Waals surface area contributed by atoms with E-state index in [4.69, 9.17) is 4.74 Å². The van der Waals surface area contributed by atoms with Crippen LogP contribution in [0.3, 0.4) is 0 Å². The molecule has 0 aliphatic carbocycles. The van der Waals surface area contributed by atoms with Gasteiger partial charge in [0.15, 0.2) is 5.96 Å². The van der Waals surface area contributed by atoms with E-state index in [0.717, 1.165) is 43.6 Å². The van der Waals surface area contributed by atoms with Crippen molar-refractivity contribution in [3.63, 3.8) is 0 Å². The number of nitrogens with one attached hydrogen (secondary N) is 1. The molecule has 0 unspecified atom stereocenters. The van der Waals surface area contributed by atoms with Crippen LogP contribution in [0.15, 0.2) is 29.3 Å². The van der Waals surface area contributed by atoms with Crippen LogP contribution < -0.4 is 10.1 Å². The van der Waals surface area contributed by atoms with E-state index in [1.54, 1.807) is 0 Å². The smallest absolute Gasteiger partial charge is 0.193 e. The second kappa shape index (κ2) is 11.2. The van der Waals surface area contributed by atoms with Gasteiger partial charge in [-0.3, -0.25) is 4.99 Å². The highest BCUT2D eigenvalue weighted by Crippen LogP contribution is 2.29. The highest BCUT2D eigenvalue weighted by atomic mass is 127. The van der Waals surface area contributed by atoms with Crippen molar-refractivity contribution >= 4 is 41.7 Å². The van der Waals surface area contributed by atoms with Gasteiger partial charge >= 0.3 is 0 Å². The fourth-order valence-corrected chi connectivity index (χ4v) is 3.91. The number of ether oxygens (including phenoxy) is 1. The fraction of sp³-hybridized carbons (Fsp3) is 0.632. The molecular formula is C19H33IN4OS. The Morgan fingerprint density at radius 1 is 1.38 bits per heavy atom. The molecule has 1 saturated heterocycles. The number of hydrogen-bond acceptors (Lipinski definition) is 4. The molecule has 148 valence electrons. The summed E-state index contributed by atoms with van der Waals surface area (Å²) >= 11 is 2.03. The summed E-state index contributed by atoms with van der Waals surface area (Å²) in [6.45, 7) is 9.02. The number of halogens is 1. The van der Waals surface area contributed by atoms with Gasteiger partial charge in [-0.05, 0) is 45.6 Å². The van der Waals surface area contributed by atoms with E-state index in [9.17, 15) is 0 Å². The lowest BCUT2D eigenvalue weighted by Gasteiger charge is -2.39. The van der Waals surface area contributed by atoms with Crippen LogP contribution in [0.5, 0.6) is 5.75 Å². The van der Waals surface area contributed by atoms with Gasteiger partial charge in [0.25, 0.3) is 0 Å². The standard InChI is InChI=1S/C19H32N4OS.HI/c1-19(2)15-23(10-12-25-19)18(20-3)21-14-16-7-6-8-17(13-16)24-11-9-22(4)5;/h6-8,13H,9-12,14-15H2,1-5H3,(H,20,21);1H.